The Morgan fingerprint density at radius 1 is 1.60 bits per heavy atom. The molecule has 1 rings (SSSR count). The van der Waals surface area contributed by atoms with E-state index in [4.69, 9.17) is 9.84 Å². The molecule has 1 saturated heterocycles. The van der Waals surface area contributed by atoms with E-state index in [1.165, 1.54) is 0 Å². The van der Waals surface area contributed by atoms with Crippen molar-refractivity contribution in [3.05, 3.63) is 0 Å². The van der Waals surface area contributed by atoms with Crippen molar-refractivity contribution in [2.24, 2.45) is 5.92 Å². The molecule has 10 heavy (non-hydrogen) atoms. The second-order valence-electron chi connectivity index (χ2n) is 3.08. The lowest BCUT2D eigenvalue weighted by molar-refractivity contribution is -0.00237. The van der Waals surface area contributed by atoms with Gasteiger partial charge in [0.15, 0.2) is 0 Å². The van der Waals surface area contributed by atoms with Gasteiger partial charge in [-0.05, 0) is 32.1 Å². The highest BCUT2D eigenvalue weighted by atomic mass is 16.5. The summed E-state index contributed by atoms with van der Waals surface area (Å²) in [6, 6.07) is 0. The Labute approximate surface area is 62.2 Å². The molecule has 0 saturated carbocycles. The molecule has 2 atom stereocenters. The van der Waals surface area contributed by atoms with E-state index < -0.39 is 0 Å². The molecule has 1 fully saturated rings. The number of ether oxygens (including phenoxy) is 1. The minimum atomic E-state index is 0.331. The number of aliphatic hydroxyl groups excluding tert-OH is 1. The molecule has 0 spiro atoms. The highest BCUT2D eigenvalue weighted by Crippen LogP contribution is 2.22. The molecular formula is C8H16O2. The summed E-state index contributed by atoms with van der Waals surface area (Å²) in [6.45, 7) is 3.31. The topological polar surface area (TPSA) is 29.5 Å². The van der Waals surface area contributed by atoms with Crippen LogP contribution in [0.1, 0.15) is 26.2 Å². The number of hydrogen-bond acceptors (Lipinski definition) is 2. The molecule has 1 heterocycles. The molecule has 0 radical (unpaired) electrons. The van der Waals surface area contributed by atoms with Crippen molar-refractivity contribution in [2.75, 3.05) is 13.2 Å². The standard InChI is InChI=1S/C8H16O2/c1-7-6-8(2-4-9)3-5-10-7/h7-9H,2-6H2,1H3. The SMILES string of the molecule is CC1CC(CCO)CCO1. The van der Waals surface area contributed by atoms with Gasteiger partial charge in [-0.3, -0.25) is 0 Å². The van der Waals surface area contributed by atoms with Gasteiger partial charge in [-0.2, -0.15) is 0 Å². The van der Waals surface area contributed by atoms with Gasteiger partial charge in [0.2, 0.25) is 0 Å². The van der Waals surface area contributed by atoms with Crippen LogP contribution in [0.25, 0.3) is 0 Å². The highest BCUT2D eigenvalue weighted by molar-refractivity contribution is 4.67. The Hall–Kier alpha value is -0.0800. The molecule has 60 valence electrons. The molecule has 0 aromatic heterocycles. The Morgan fingerprint density at radius 2 is 2.40 bits per heavy atom. The van der Waals surface area contributed by atoms with E-state index in [1.54, 1.807) is 0 Å². The molecule has 1 aliphatic rings. The average molecular weight is 144 g/mol. The molecule has 1 N–H and O–H groups in total. The zero-order valence-electron chi connectivity index (χ0n) is 6.55. The summed E-state index contributed by atoms with van der Waals surface area (Å²) in [7, 11) is 0. The Bertz CT molecular complexity index is 91.3. The maximum absolute atomic E-state index is 8.66. The van der Waals surface area contributed by atoms with Crippen molar-refractivity contribution >= 4 is 0 Å². The molecular weight excluding hydrogens is 128 g/mol. The highest BCUT2D eigenvalue weighted by Gasteiger charge is 2.17. The number of aliphatic hydroxyl groups is 1. The third-order valence-electron chi connectivity index (χ3n) is 2.13. The molecule has 1 aliphatic heterocycles. The molecule has 0 amide bonds. The lowest BCUT2D eigenvalue weighted by Gasteiger charge is -2.26. The van der Waals surface area contributed by atoms with Crippen molar-refractivity contribution in [1.29, 1.82) is 0 Å². The van der Waals surface area contributed by atoms with E-state index in [0.29, 0.717) is 18.6 Å². The van der Waals surface area contributed by atoms with E-state index >= 15 is 0 Å². The quantitative estimate of drug-likeness (QED) is 0.630. The largest absolute Gasteiger partial charge is 0.396 e. The summed E-state index contributed by atoms with van der Waals surface area (Å²) in [5.74, 6) is 0.703. The van der Waals surface area contributed by atoms with Crippen molar-refractivity contribution in [3.63, 3.8) is 0 Å². The minimum Gasteiger partial charge on any atom is -0.396 e. The molecule has 0 aliphatic carbocycles. The van der Waals surface area contributed by atoms with Crippen LogP contribution in [-0.2, 0) is 4.74 Å². The van der Waals surface area contributed by atoms with Crippen molar-refractivity contribution in [1.82, 2.24) is 0 Å². The minimum absolute atomic E-state index is 0.331. The average Bonchev–Trinajstić information content (AvgIpc) is 1.88. The Balaban J connectivity index is 2.18. The number of hydrogen-bond donors (Lipinski definition) is 1. The van der Waals surface area contributed by atoms with Crippen LogP contribution in [0.4, 0.5) is 0 Å². The van der Waals surface area contributed by atoms with E-state index in [2.05, 4.69) is 6.92 Å². The molecule has 2 unspecified atom stereocenters. The third-order valence-corrected chi connectivity index (χ3v) is 2.13. The van der Waals surface area contributed by atoms with Gasteiger partial charge in [-0.15, -0.1) is 0 Å². The van der Waals surface area contributed by atoms with Crippen LogP contribution in [0.2, 0.25) is 0 Å². The predicted molar refractivity (Wildman–Crippen MR) is 39.8 cm³/mol. The van der Waals surface area contributed by atoms with Gasteiger partial charge in [0.05, 0.1) is 6.10 Å². The third kappa shape index (κ3) is 2.27. The summed E-state index contributed by atoms with van der Waals surface area (Å²) in [5.41, 5.74) is 0. The van der Waals surface area contributed by atoms with Crippen LogP contribution in [0.15, 0.2) is 0 Å². The van der Waals surface area contributed by atoms with Gasteiger partial charge in [0, 0.05) is 13.2 Å². The summed E-state index contributed by atoms with van der Waals surface area (Å²) in [5, 5.41) is 8.66. The van der Waals surface area contributed by atoms with Gasteiger partial charge >= 0.3 is 0 Å². The van der Waals surface area contributed by atoms with Gasteiger partial charge in [-0.1, -0.05) is 0 Å². The second-order valence-corrected chi connectivity index (χ2v) is 3.08. The predicted octanol–water partition coefficient (Wildman–Crippen LogP) is 1.18. The summed E-state index contributed by atoms with van der Waals surface area (Å²) in [6.07, 6.45) is 3.62. The van der Waals surface area contributed by atoms with Crippen LogP contribution in [0.5, 0.6) is 0 Å². The molecule has 2 heteroatoms. The second kappa shape index (κ2) is 3.94. The lowest BCUT2D eigenvalue weighted by Crippen LogP contribution is -2.23. The molecule has 2 nitrogen and oxygen atoms in total. The zero-order valence-corrected chi connectivity index (χ0v) is 6.55. The lowest BCUT2D eigenvalue weighted by atomic mass is 9.93. The fraction of sp³-hybridized carbons (Fsp3) is 1.00. The van der Waals surface area contributed by atoms with Gasteiger partial charge < -0.3 is 9.84 Å². The van der Waals surface area contributed by atoms with Gasteiger partial charge in [0.25, 0.3) is 0 Å². The first-order chi connectivity index (χ1) is 4.83. The summed E-state index contributed by atoms with van der Waals surface area (Å²) < 4.78 is 5.37. The molecule has 0 bridgehead atoms. The number of rotatable bonds is 2. The van der Waals surface area contributed by atoms with E-state index in [-0.39, 0.29) is 0 Å². The van der Waals surface area contributed by atoms with Gasteiger partial charge in [-0.25, -0.2) is 0 Å². The molecule has 0 aromatic carbocycles. The molecule has 0 aromatic rings. The van der Waals surface area contributed by atoms with Crippen LogP contribution < -0.4 is 0 Å². The first-order valence-corrected chi connectivity index (χ1v) is 4.05. The van der Waals surface area contributed by atoms with Crippen LogP contribution in [0, 0.1) is 5.92 Å². The van der Waals surface area contributed by atoms with Crippen molar-refractivity contribution in [2.45, 2.75) is 32.3 Å². The maximum Gasteiger partial charge on any atom is 0.0549 e. The van der Waals surface area contributed by atoms with E-state index in [9.17, 15) is 0 Å². The fourth-order valence-electron chi connectivity index (χ4n) is 1.54. The van der Waals surface area contributed by atoms with E-state index in [1.807, 2.05) is 0 Å². The first-order valence-electron chi connectivity index (χ1n) is 4.05. The monoisotopic (exact) mass is 144 g/mol. The van der Waals surface area contributed by atoms with Crippen molar-refractivity contribution in [3.8, 4) is 0 Å². The van der Waals surface area contributed by atoms with E-state index in [0.717, 1.165) is 25.9 Å². The normalized spacial score (nSPS) is 34.2. The first kappa shape index (κ1) is 8.02. The Kier molecular flexibility index (Phi) is 3.16. The van der Waals surface area contributed by atoms with Crippen LogP contribution in [-0.4, -0.2) is 24.4 Å². The smallest absolute Gasteiger partial charge is 0.0549 e. The zero-order chi connectivity index (χ0) is 7.40. The van der Waals surface area contributed by atoms with Crippen LogP contribution >= 0.6 is 0 Å². The maximum atomic E-state index is 8.66. The van der Waals surface area contributed by atoms with Crippen LogP contribution in [0.3, 0.4) is 0 Å². The fourth-order valence-corrected chi connectivity index (χ4v) is 1.54. The van der Waals surface area contributed by atoms with Crippen molar-refractivity contribution < 1.29 is 9.84 Å². The van der Waals surface area contributed by atoms with Gasteiger partial charge in [0.1, 0.15) is 0 Å². The summed E-state index contributed by atoms with van der Waals surface area (Å²) in [4.78, 5) is 0. The Morgan fingerprint density at radius 3 is 3.00 bits per heavy atom. The summed E-state index contributed by atoms with van der Waals surface area (Å²) >= 11 is 0.